The van der Waals surface area contributed by atoms with E-state index in [1.165, 1.54) is 0 Å². The highest BCUT2D eigenvalue weighted by molar-refractivity contribution is 5.88. The molecule has 0 aliphatic carbocycles. The third kappa shape index (κ3) is 2.51. The zero-order valence-electron chi connectivity index (χ0n) is 15.9. The molecule has 28 heavy (non-hydrogen) atoms. The second kappa shape index (κ2) is 6.45. The lowest BCUT2D eigenvalue weighted by molar-refractivity contribution is -0.157. The predicted octanol–water partition coefficient (Wildman–Crippen LogP) is 2.43. The highest BCUT2D eigenvalue weighted by Crippen LogP contribution is 2.35. The number of nitrogens with two attached hydrogens (primary N) is 1. The van der Waals surface area contributed by atoms with E-state index in [2.05, 4.69) is 0 Å². The first-order valence-corrected chi connectivity index (χ1v) is 9.25. The number of esters is 1. The van der Waals surface area contributed by atoms with Gasteiger partial charge in [-0.05, 0) is 36.8 Å². The molecule has 144 valence electrons. The number of fused-ring (bicyclic) bond motifs is 5. The number of aromatic nitrogens is 2. The van der Waals surface area contributed by atoms with E-state index >= 15 is 0 Å². The molecule has 4 heterocycles. The first kappa shape index (κ1) is 18.2. The minimum absolute atomic E-state index is 0.119. The van der Waals surface area contributed by atoms with Gasteiger partial charge in [-0.15, -0.1) is 0 Å². The standard InChI is InChI=1S/C19H15N3O4.C2H6/c1-8-2-14-9(4-13(8)20)3-10-6-22-15(16(10)21-14)5-11-12(18(22)24)7-26-19(25)17(11)23;1-2/h2-5,17,23H,6-7,20H2,1H3;1-2H3. The fraction of sp³-hybridized carbons (Fsp3) is 0.286. The van der Waals surface area contributed by atoms with Crippen LogP contribution in [0.4, 0.5) is 5.69 Å². The Hall–Kier alpha value is -3.19. The van der Waals surface area contributed by atoms with Crippen LogP contribution in [0.15, 0.2) is 29.1 Å². The normalized spacial score (nSPS) is 16.6. The monoisotopic (exact) mass is 379 g/mol. The number of aliphatic hydroxyl groups excluding tert-OH is 1. The van der Waals surface area contributed by atoms with Gasteiger partial charge in [0.15, 0.2) is 6.10 Å². The zero-order valence-corrected chi connectivity index (χ0v) is 15.9. The molecule has 0 bridgehead atoms. The number of ether oxygens (including phenoxy) is 1. The van der Waals surface area contributed by atoms with Gasteiger partial charge in [0.25, 0.3) is 5.56 Å². The van der Waals surface area contributed by atoms with Crippen LogP contribution in [0, 0.1) is 6.92 Å². The van der Waals surface area contributed by atoms with Crippen molar-refractivity contribution >= 4 is 22.6 Å². The number of pyridine rings is 2. The molecule has 0 spiro atoms. The number of aliphatic hydroxyl groups is 1. The Kier molecular flexibility index (Phi) is 4.19. The topological polar surface area (TPSA) is 107 Å². The summed E-state index contributed by atoms with van der Waals surface area (Å²) in [6.45, 7) is 6.18. The number of carbonyl (C=O) groups is 1. The Labute approximate surface area is 161 Å². The van der Waals surface area contributed by atoms with Crippen molar-refractivity contribution in [2.45, 2.75) is 40.0 Å². The molecule has 1 unspecified atom stereocenters. The van der Waals surface area contributed by atoms with Gasteiger partial charge in [-0.3, -0.25) is 4.79 Å². The summed E-state index contributed by atoms with van der Waals surface area (Å²) in [5.74, 6) is -0.738. The largest absolute Gasteiger partial charge is 0.458 e. The molecule has 3 N–H and O–H groups in total. The van der Waals surface area contributed by atoms with Crippen molar-refractivity contribution in [3.8, 4) is 11.4 Å². The second-order valence-corrected chi connectivity index (χ2v) is 6.76. The highest BCUT2D eigenvalue weighted by Gasteiger charge is 2.33. The van der Waals surface area contributed by atoms with Gasteiger partial charge in [0.2, 0.25) is 0 Å². The number of cyclic esters (lactones) is 1. The molecule has 7 heteroatoms. The SMILES string of the molecule is CC.Cc1cc2nc3c(cc2cc1N)Cn1c-3cc2c(c1=O)COC(=O)C2O. The lowest BCUT2D eigenvalue weighted by Gasteiger charge is -2.21. The number of aryl methyl sites for hydroxylation is 1. The molecule has 1 aromatic carbocycles. The molecule has 1 atom stereocenters. The van der Waals surface area contributed by atoms with E-state index in [0.717, 1.165) is 22.0 Å². The molecule has 0 radical (unpaired) electrons. The summed E-state index contributed by atoms with van der Waals surface area (Å²) in [6.07, 6.45) is -1.44. The molecule has 0 saturated carbocycles. The number of benzene rings is 1. The van der Waals surface area contributed by atoms with Crippen LogP contribution in [0.2, 0.25) is 0 Å². The Bertz CT molecular complexity index is 1200. The van der Waals surface area contributed by atoms with Crippen LogP contribution in [0.5, 0.6) is 0 Å². The number of hydrogen-bond acceptors (Lipinski definition) is 6. The number of carbonyl (C=O) groups excluding carboxylic acids is 1. The smallest absolute Gasteiger partial charge is 0.340 e. The first-order valence-electron chi connectivity index (χ1n) is 9.25. The van der Waals surface area contributed by atoms with Crippen LogP contribution < -0.4 is 11.3 Å². The van der Waals surface area contributed by atoms with Crippen molar-refractivity contribution in [3.05, 3.63) is 56.9 Å². The molecule has 2 aliphatic rings. The summed E-state index contributed by atoms with van der Waals surface area (Å²) in [7, 11) is 0. The van der Waals surface area contributed by atoms with Gasteiger partial charge in [-0.25, -0.2) is 9.78 Å². The third-order valence-electron chi connectivity index (χ3n) is 5.16. The van der Waals surface area contributed by atoms with E-state index < -0.39 is 12.1 Å². The minimum atomic E-state index is -1.44. The van der Waals surface area contributed by atoms with E-state index in [1.807, 2.05) is 39.0 Å². The van der Waals surface area contributed by atoms with E-state index in [-0.39, 0.29) is 12.2 Å². The minimum Gasteiger partial charge on any atom is -0.458 e. The molecular formula is C21H21N3O4. The first-order chi connectivity index (χ1) is 13.4. The van der Waals surface area contributed by atoms with Crippen molar-refractivity contribution in [2.75, 3.05) is 5.73 Å². The maximum absolute atomic E-state index is 12.8. The van der Waals surface area contributed by atoms with Crippen molar-refractivity contribution in [1.82, 2.24) is 9.55 Å². The average Bonchev–Trinajstić information content (AvgIpc) is 3.04. The molecule has 7 nitrogen and oxygen atoms in total. The highest BCUT2D eigenvalue weighted by atomic mass is 16.5. The summed E-state index contributed by atoms with van der Waals surface area (Å²) >= 11 is 0. The average molecular weight is 379 g/mol. The van der Waals surface area contributed by atoms with Gasteiger partial charge in [-0.1, -0.05) is 13.8 Å². The van der Waals surface area contributed by atoms with Gasteiger partial charge < -0.3 is 20.1 Å². The van der Waals surface area contributed by atoms with Crippen LogP contribution in [0.1, 0.15) is 42.2 Å². The lowest BCUT2D eigenvalue weighted by atomic mass is 10.0. The van der Waals surface area contributed by atoms with Crippen LogP contribution in [-0.4, -0.2) is 20.6 Å². The molecule has 5 rings (SSSR count). The summed E-state index contributed by atoms with van der Waals surface area (Å²) in [5.41, 5.74) is 11.0. The van der Waals surface area contributed by atoms with Crippen molar-refractivity contribution in [3.63, 3.8) is 0 Å². The quantitative estimate of drug-likeness (QED) is 0.359. The van der Waals surface area contributed by atoms with Gasteiger partial charge in [0.05, 0.1) is 29.0 Å². The van der Waals surface area contributed by atoms with Crippen molar-refractivity contribution < 1.29 is 14.6 Å². The molecule has 2 aliphatic heterocycles. The Morgan fingerprint density at radius 1 is 1.21 bits per heavy atom. The van der Waals surface area contributed by atoms with Crippen LogP contribution in [0.25, 0.3) is 22.3 Å². The van der Waals surface area contributed by atoms with Crippen LogP contribution >= 0.6 is 0 Å². The van der Waals surface area contributed by atoms with Gasteiger partial charge in [-0.2, -0.15) is 0 Å². The van der Waals surface area contributed by atoms with Crippen molar-refractivity contribution in [2.24, 2.45) is 0 Å². The second-order valence-electron chi connectivity index (χ2n) is 6.76. The van der Waals surface area contributed by atoms with E-state index in [0.29, 0.717) is 34.7 Å². The fourth-order valence-electron chi connectivity index (χ4n) is 3.70. The number of rotatable bonds is 0. The molecule has 2 aromatic heterocycles. The Morgan fingerprint density at radius 3 is 2.71 bits per heavy atom. The number of nitrogens with zero attached hydrogens (tertiary/aromatic N) is 2. The Morgan fingerprint density at radius 2 is 1.96 bits per heavy atom. The summed E-state index contributed by atoms with van der Waals surface area (Å²) < 4.78 is 6.50. The molecule has 0 fully saturated rings. The molecule has 0 amide bonds. The predicted molar refractivity (Wildman–Crippen MR) is 106 cm³/mol. The van der Waals surface area contributed by atoms with Gasteiger partial charge in [0.1, 0.15) is 6.61 Å². The summed E-state index contributed by atoms with van der Waals surface area (Å²) in [6, 6.07) is 7.45. The van der Waals surface area contributed by atoms with Gasteiger partial charge in [0, 0.05) is 22.2 Å². The third-order valence-corrected chi connectivity index (χ3v) is 5.16. The Balaban J connectivity index is 0.000000932. The maximum atomic E-state index is 12.8. The fourth-order valence-corrected chi connectivity index (χ4v) is 3.70. The molecular weight excluding hydrogens is 358 g/mol. The number of hydrogen-bond donors (Lipinski definition) is 2. The number of anilines is 1. The summed E-state index contributed by atoms with van der Waals surface area (Å²) in [4.78, 5) is 29.2. The number of nitrogen functional groups attached to an aromatic ring is 1. The van der Waals surface area contributed by atoms with Crippen LogP contribution in [0.3, 0.4) is 0 Å². The zero-order chi connectivity index (χ0) is 20.2. The maximum Gasteiger partial charge on any atom is 0.340 e. The molecule has 3 aromatic rings. The lowest BCUT2D eigenvalue weighted by Crippen LogP contribution is -2.32. The van der Waals surface area contributed by atoms with E-state index in [1.54, 1.807) is 10.6 Å². The van der Waals surface area contributed by atoms with E-state index in [4.69, 9.17) is 15.5 Å². The molecule has 0 saturated heterocycles. The summed E-state index contributed by atoms with van der Waals surface area (Å²) in [5, 5.41) is 11.0. The van der Waals surface area contributed by atoms with Gasteiger partial charge >= 0.3 is 5.97 Å². The van der Waals surface area contributed by atoms with E-state index in [9.17, 15) is 14.7 Å². The van der Waals surface area contributed by atoms with Crippen LogP contribution in [-0.2, 0) is 22.7 Å². The van der Waals surface area contributed by atoms with Crippen molar-refractivity contribution in [1.29, 1.82) is 0 Å².